The van der Waals surface area contributed by atoms with Gasteiger partial charge in [-0.05, 0) is 47.0 Å². The van der Waals surface area contributed by atoms with Crippen LogP contribution < -0.4 is 0 Å². The van der Waals surface area contributed by atoms with Crippen LogP contribution in [0.2, 0.25) is 0 Å². The van der Waals surface area contributed by atoms with Crippen molar-refractivity contribution in [3.8, 4) is 0 Å². The van der Waals surface area contributed by atoms with Crippen LogP contribution in [0, 0.1) is 5.92 Å². The molecule has 2 aliphatic heterocycles. The fraction of sp³-hybridized carbons (Fsp3) is 0.615. The Morgan fingerprint density at radius 3 is 3.11 bits per heavy atom. The van der Waals surface area contributed by atoms with Gasteiger partial charge in [-0.1, -0.05) is 0 Å². The second-order valence-corrected chi connectivity index (χ2v) is 8.42. The number of rotatable bonds is 2. The van der Waals surface area contributed by atoms with Gasteiger partial charge in [-0.2, -0.15) is 11.8 Å². The average molecular weight is 347 g/mol. The van der Waals surface area contributed by atoms with Crippen molar-refractivity contribution in [2.24, 2.45) is 5.92 Å². The molecule has 1 aromatic rings. The van der Waals surface area contributed by atoms with Crippen LogP contribution >= 0.6 is 39.0 Å². The SMILES string of the molecule is O=C(c1csc(Br)c1)C1CCOC2(CCSC2)C1. The number of carbonyl (C=O) groups excluding carboxylic acids is 1. The number of thiophene rings is 1. The Balaban J connectivity index is 1.74. The first-order valence-electron chi connectivity index (χ1n) is 6.18. The molecule has 0 N–H and O–H groups in total. The standard InChI is InChI=1S/C13H15BrO2S2/c14-11-5-10(7-18-11)12(15)9-1-3-16-13(6-9)2-4-17-8-13/h5,7,9H,1-4,6,8H2. The first-order valence-corrected chi connectivity index (χ1v) is 9.01. The molecule has 2 unspecified atom stereocenters. The normalized spacial score (nSPS) is 31.9. The van der Waals surface area contributed by atoms with E-state index in [1.165, 1.54) is 5.75 Å². The molecule has 98 valence electrons. The van der Waals surface area contributed by atoms with Gasteiger partial charge in [0.15, 0.2) is 5.78 Å². The van der Waals surface area contributed by atoms with Gasteiger partial charge in [-0.15, -0.1) is 11.3 Å². The molecule has 0 amide bonds. The Morgan fingerprint density at radius 1 is 1.56 bits per heavy atom. The summed E-state index contributed by atoms with van der Waals surface area (Å²) >= 11 is 6.95. The van der Waals surface area contributed by atoms with Gasteiger partial charge in [0.1, 0.15) is 0 Å². The van der Waals surface area contributed by atoms with Crippen molar-refractivity contribution >= 4 is 44.8 Å². The second-order valence-electron chi connectivity index (χ2n) is 5.03. The van der Waals surface area contributed by atoms with Crippen LogP contribution in [0.3, 0.4) is 0 Å². The van der Waals surface area contributed by atoms with E-state index in [1.54, 1.807) is 11.3 Å². The number of ether oxygens (including phenoxy) is 1. The minimum atomic E-state index is -0.00348. The van der Waals surface area contributed by atoms with E-state index in [0.717, 1.165) is 41.0 Å². The number of carbonyl (C=O) groups is 1. The number of hydrogen-bond acceptors (Lipinski definition) is 4. The molecule has 0 radical (unpaired) electrons. The van der Waals surface area contributed by atoms with Crippen LogP contribution in [-0.4, -0.2) is 29.5 Å². The predicted molar refractivity (Wildman–Crippen MR) is 79.7 cm³/mol. The van der Waals surface area contributed by atoms with Crippen LogP contribution in [0.4, 0.5) is 0 Å². The summed E-state index contributed by atoms with van der Waals surface area (Å²) in [7, 11) is 0. The molecule has 0 aromatic carbocycles. The van der Waals surface area contributed by atoms with E-state index in [4.69, 9.17) is 4.74 Å². The number of hydrogen-bond donors (Lipinski definition) is 0. The highest BCUT2D eigenvalue weighted by atomic mass is 79.9. The van der Waals surface area contributed by atoms with Crippen molar-refractivity contribution < 1.29 is 9.53 Å². The molecule has 3 heterocycles. The number of ketones is 1. The third-order valence-corrected chi connectivity index (χ3v) is 6.51. The molecular weight excluding hydrogens is 332 g/mol. The molecule has 0 bridgehead atoms. The lowest BCUT2D eigenvalue weighted by Gasteiger charge is -2.37. The first-order chi connectivity index (χ1) is 8.69. The minimum Gasteiger partial charge on any atom is -0.374 e. The molecule has 0 saturated carbocycles. The maximum absolute atomic E-state index is 12.5. The monoisotopic (exact) mass is 346 g/mol. The molecule has 3 rings (SSSR count). The maximum Gasteiger partial charge on any atom is 0.167 e. The van der Waals surface area contributed by atoms with E-state index in [9.17, 15) is 4.79 Å². The van der Waals surface area contributed by atoms with Crippen molar-refractivity contribution in [2.45, 2.75) is 24.9 Å². The van der Waals surface area contributed by atoms with Gasteiger partial charge < -0.3 is 4.74 Å². The van der Waals surface area contributed by atoms with Gasteiger partial charge in [0.25, 0.3) is 0 Å². The van der Waals surface area contributed by atoms with Gasteiger partial charge in [0.2, 0.25) is 0 Å². The Morgan fingerprint density at radius 2 is 2.44 bits per heavy atom. The molecule has 1 spiro atoms. The van der Waals surface area contributed by atoms with E-state index >= 15 is 0 Å². The summed E-state index contributed by atoms with van der Waals surface area (Å²) < 4.78 is 7.00. The van der Waals surface area contributed by atoms with E-state index in [1.807, 2.05) is 23.2 Å². The highest BCUT2D eigenvalue weighted by Gasteiger charge is 2.42. The maximum atomic E-state index is 12.5. The van der Waals surface area contributed by atoms with Gasteiger partial charge in [-0.25, -0.2) is 0 Å². The molecule has 0 aliphatic carbocycles. The van der Waals surface area contributed by atoms with Crippen LogP contribution in [0.15, 0.2) is 15.2 Å². The molecular formula is C13H15BrO2S2. The van der Waals surface area contributed by atoms with Gasteiger partial charge in [0, 0.05) is 29.2 Å². The quantitative estimate of drug-likeness (QED) is 0.757. The fourth-order valence-electron chi connectivity index (χ4n) is 2.79. The molecule has 2 aliphatic rings. The van der Waals surface area contributed by atoms with Gasteiger partial charge >= 0.3 is 0 Å². The highest BCUT2D eigenvalue weighted by Crippen LogP contribution is 2.41. The third kappa shape index (κ3) is 2.55. The van der Waals surface area contributed by atoms with Gasteiger partial charge in [-0.3, -0.25) is 4.79 Å². The topological polar surface area (TPSA) is 26.3 Å². The van der Waals surface area contributed by atoms with Crippen molar-refractivity contribution in [3.05, 3.63) is 20.8 Å². The smallest absolute Gasteiger partial charge is 0.167 e. The molecule has 2 nitrogen and oxygen atoms in total. The summed E-state index contributed by atoms with van der Waals surface area (Å²) in [5.74, 6) is 2.69. The third-order valence-electron chi connectivity index (χ3n) is 3.78. The Bertz CT molecular complexity index is 452. The van der Waals surface area contributed by atoms with E-state index in [2.05, 4.69) is 15.9 Å². The Labute approximate surface area is 124 Å². The van der Waals surface area contributed by atoms with Crippen molar-refractivity contribution in [2.75, 3.05) is 18.1 Å². The summed E-state index contributed by atoms with van der Waals surface area (Å²) in [6, 6.07) is 1.94. The summed E-state index contributed by atoms with van der Waals surface area (Å²) in [5, 5.41) is 1.96. The zero-order valence-electron chi connectivity index (χ0n) is 9.99. The molecule has 18 heavy (non-hydrogen) atoms. The first kappa shape index (κ1) is 13.2. The van der Waals surface area contributed by atoms with Crippen molar-refractivity contribution in [1.82, 2.24) is 0 Å². The summed E-state index contributed by atoms with van der Waals surface area (Å²) in [4.78, 5) is 12.5. The van der Waals surface area contributed by atoms with Crippen LogP contribution in [-0.2, 0) is 4.74 Å². The van der Waals surface area contributed by atoms with Crippen molar-refractivity contribution in [1.29, 1.82) is 0 Å². The highest BCUT2D eigenvalue weighted by molar-refractivity contribution is 9.11. The van der Waals surface area contributed by atoms with Crippen LogP contribution in [0.5, 0.6) is 0 Å². The molecule has 2 saturated heterocycles. The lowest BCUT2D eigenvalue weighted by atomic mass is 9.82. The second kappa shape index (κ2) is 5.27. The van der Waals surface area contributed by atoms with E-state index in [-0.39, 0.29) is 11.5 Å². The zero-order valence-corrected chi connectivity index (χ0v) is 13.2. The summed E-state index contributed by atoms with van der Waals surface area (Å²) in [6.07, 6.45) is 2.89. The van der Waals surface area contributed by atoms with Crippen molar-refractivity contribution in [3.63, 3.8) is 0 Å². The number of Topliss-reactive ketones (excluding diaryl/α,β-unsaturated/α-hetero) is 1. The average Bonchev–Trinajstić information content (AvgIpc) is 2.98. The fourth-order valence-corrected chi connectivity index (χ4v) is 5.31. The Kier molecular flexibility index (Phi) is 3.85. The van der Waals surface area contributed by atoms with Crippen LogP contribution in [0.25, 0.3) is 0 Å². The van der Waals surface area contributed by atoms with Gasteiger partial charge in [0.05, 0.1) is 9.39 Å². The minimum absolute atomic E-state index is 0.00348. The Hall–Kier alpha value is 0.160. The largest absolute Gasteiger partial charge is 0.374 e. The molecule has 2 atom stereocenters. The zero-order chi connectivity index (χ0) is 12.6. The van der Waals surface area contributed by atoms with E-state index in [0.29, 0.717) is 5.78 Å². The number of thioether (sulfide) groups is 1. The molecule has 2 fully saturated rings. The lowest BCUT2D eigenvalue weighted by molar-refractivity contribution is -0.0734. The number of halogens is 1. The van der Waals surface area contributed by atoms with Crippen LogP contribution in [0.1, 0.15) is 29.6 Å². The summed E-state index contributed by atoms with van der Waals surface area (Å²) in [5.41, 5.74) is 0.857. The summed E-state index contributed by atoms with van der Waals surface area (Å²) in [6.45, 7) is 0.738. The predicted octanol–water partition coefficient (Wildman–Crippen LogP) is 4.00. The molecule has 1 aromatic heterocycles. The lowest BCUT2D eigenvalue weighted by Crippen LogP contribution is -2.42. The molecule has 5 heteroatoms. The van der Waals surface area contributed by atoms with E-state index < -0.39 is 0 Å².